The van der Waals surface area contributed by atoms with Crippen molar-refractivity contribution < 1.29 is 4.27 Å². The summed E-state index contributed by atoms with van der Waals surface area (Å²) in [6.07, 6.45) is 1.89. The van der Waals surface area contributed by atoms with Gasteiger partial charge in [0.25, 0.3) is 11.9 Å². The summed E-state index contributed by atoms with van der Waals surface area (Å²) in [4.78, 5) is 10.2. The Kier molecular flexibility index (Phi) is 1.31. The van der Waals surface area contributed by atoms with Crippen LogP contribution in [0.3, 0.4) is 0 Å². The second-order valence-electron chi connectivity index (χ2n) is 1.10. The minimum absolute atomic E-state index is 0.649. The van der Waals surface area contributed by atoms with Crippen molar-refractivity contribution in [3.8, 4) is 0 Å². The molecule has 0 amide bonds. The molecule has 1 heterocycles. The number of nitrogens with zero attached hydrogens (tertiary/aromatic N) is 1. The maximum atomic E-state index is 10.2. The highest BCUT2D eigenvalue weighted by Crippen LogP contribution is 2.02. The molecule has 0 saturated heterocycles. The van der Waals surface area contributed by atoms with Crippen LogP contribution in [0.5, 0.6) is 0 Å². The van der Waals surface area contributed by atoms with E-state index in [4.69, 9.17) is 0 Å². The quantitative estimate of drug-likeness (QED) is 0.369. The minimum atomic E-state index is 0.649. The van der Waals surface area contributed by atoms with Gasteiger partial charge in [-0.2, -0.15) is 0 Å². The van der Waals surface area contributed by atoms with Crippen molar-refractivity contribution in [1.29, 1.82) is 0 Å². The van der Waals surface area contributed by atoms with Crippen LogP contribution in [0.15, 0.2) is 11.5 Å². The van der Waals surface area contributed by atoms with Crippen LogP contribution in [-0.4, -0.2) is 10.8 Å². The van der Waals surface area contributed by atoms with E-state index in [1.165, 1.54) is 0 Å². The van der Waals surface area contributed by atoms with Gasteiger partial charge < -0.3 is 0 Å². The van der Waals surface area contributed by atoms with Crippen LogP contribution in [0.25, 0.3) is 0 Å². The number of rotatable bonds is 0. The van der Waals surface area contributed by atoms with Gasteiger partial charge >= 0.3 is 0 Å². The third-order valence-electron chi connectivity index (χ3n) is 0.591. The predicted molar refractivity (Wildman–Crippen MR) is 28.4 cm³/mol. The van der Waals surface area contributed by atoms with Gasteiger partial charge in [-0.25, -0.2) is 0 Å². The number of hydrazine groups is 1. The van der Waals surface area contributed by atoms with Gasteiger partial charge in [-0.15, -0.1) is 5.43 Å². The minimum Gasteiger partial charge on any atom is -0.135 e. The zero-order valence-corrected chi connectivity index (χ0v) is 4.44. The van der Waals surface area contributed by atoms with E-state index >= 15 is 0 Å². The van der Waals surface area contributed by atoms with E-state index in [2.05, 4.69) is 5.43 Å². The molecule has 0 saturated carbocycles. The Morgan fingerprint density at radius 2 is 2.71 bits per heavy atom. The summed E-state index contributed by atoms with van der Waals surface area (Å²) in [5, 5.41) is 1.75. The summed E-state index contributed by atoms with van der Waals surface area (Å²) < 4.78 is 0.722. The summed E-state index contributed by atoms with van der Waals surface area (Å²) in [5.41, 5.74) is 2.54. The molecule has 0 atom stereocenters. The lowest BCUT2D eigenvalue weighted by atomic mass is 10.7. The maximum absolute atomic E-state index is 10.2. The van der Waals surface area contributed by atoms with E-state index in [9.17, 15) is 4.91 Å². The van der Waals surface area contributed by atoms with E-state index in [0.717, 1.165) is 16.2 Å². The average molecular weight is 117 g/mol. The molecule has 0 unspecified atom stereocenters. The lowest BCUT2D eigenvalue weighted by Gasteiger charge is -1.90. The van der Waals surface area contributed by atoms with Gasteiger partial charge in [0.2, 0.25) is 0 Å². The molecular formula is C3H5N2OS+. The molecule has 1 N–H and O–H groups in total. The smallest absolute Gasteiger partial charge is 0.135 e. The Balaban J connectivity index is 2.47. The molecule has 3 nitrogen and oxygen atoms in total. The lowest BCUT2D eigenvalue weighted by molar-refractivity contribution is -0.441. The van der Waals surface area contributed by atoms with Crippen molar-refractivity contribution in [2.24, 2.45) is 0 Å². The number of hydrogen-bond donors (Lipinski definition) is 1. The van der Waals surface area contributed by atoms with E-state index in [0.29, 0.717) is 6.54 Å². The topological polar surface area (TPSA) is 32.1 Å². The first-order chi connectivity index (χ1) is 3.39. The van der Waals surface area contributed by atoms with Crippen molar-refractivity contribution in [2.45, 2.75) is 0 Å². The molecule has 1 aliphatic heterocycles. The van der Waals surface area contributed by atoms with Gasteiger partial charge in [0.15, 0.2) is 4.27 Å². The maximum Gasteiger partial charge on any atom is 0.280 e. The molecule has 0 bridgehead atoms. The SMILES string of the molecule is O=[N+]1NCC=CS1. The second kappa shape index (κ2) is 1.97. The van der Waals surface area contributed by atoms with Crippen LogP contribution < -0.4 is 5.43 Å². The van der Waals surface area contributed by atoms with Crippen molar-refractivity contribution in [2.75, 3.05) is 6.54 Å². The number of nitroso groups, excluding NO2 is 1. The zero-order chi connectivity index (χ0) is 5.11. The van der Waals surface area contributed by atoms with E-state index in [-0.39, 0.29) is 0 Å². The third kappa shape index (κ3) is 1.19. The molecule has 7 heavy (non-hydrogen) atoms. The highest BCUT2D eigenvalue weighted by atomic mass is 32.2. The van der Waals surface area contributed by atoms with Gasteiger partial charge in [0.05, 0.1) is 11.5 Å². The van der Waals surface area contributed by atoms with E-state index in [1.54, 1.807) is 5.41 Å². The van der Waals surface area contributed by atoms with Crippen molar-refractivity contribution in [3.05, 3.63) is 16.4 Å². The zero-order valence-electron chi connectivity index (χ0n) is 3.63. The van der Waals surface area contributed by atoms with Crippen molar-refractivity contribution in [3.63, 3.8) is 0 Å². The van der Waals surface area contributed by atoms with Crippen LogP contribution in [0.4, 0.5) is 0 Å². The first kappa shape index (κ1) is 4.64. The Labute approximate surface area is 45.5 Å². The molecule has 0 aromatic rings. The Morgan fingerprint density at radius 3 is 3.00 bits per heavy atom. The summed E-state index contributed by atoms with van der Waals surface area (Å²) in [7, 11) is 0. The first-order valence-electron chi connectivity index (χ1n) is 1.92. The fourth-order valence-corrected chi connectivity index (χ4v) is 0.753. The van der Waals surface area contributed by atoms with Crippen molar-refractivity contribution >= 4 is 11.9 Å². The standard InChI is InChI=1S/C3H5N2OS/c6-5-4-2-1-3-7-5/h1,3H,2H2,(H,4,6)/q+1. The molecular weight excluding hydrogens is 112 g/mol. The van der Waals surface area contributed by atoms with E-state index in [1.807, 2.05) is 6.08 Å². The molecule has 0 aromatic heterocycles. The Bertz CT molecular complexity index is 112. The van der Waals surface area contributed by atoms with Gasteiger partial charge in [0, 0.05) is 5.41 Å². The highest BCUT2D eigenvalue weighted by Gasteiger charge is 2.08. The van der Waals surface area contributed by atoms with Gasteiger partial charge in [-0.05, 0) is 6.08 Å². The number of nitrogens with one attached hydrogen (secondary N) is 1. The summed E-state index contributed by atoms with van der Waals surface area (Å²) >= 11 is 1.10. The lowest BCUT2D eigenvalue weighted by Crippen LogP contribution is -2.22. The van der Waals surface area contributed by atoms with Crippen LogP contribution in [0.1, 0.15) is 0 Å². The molecule has 38 valence electrons. The third-order valence-corrected chi connectivity index (χ3v) is 1.23. The largest absolute Gasteiger partial charge is 0.280 e. The predicted octanol–water partition coefficient (Wildman–Crippen LogP) is 0.445. The molecule has 1 rings (SSSR count). The van der Waals surface area contributed by atoms with E-state index < -0.39 is 0 Å². The van der Waals surface area contributed by atoms with Gasteiger partial charge in [-0.3, -0.25) is 0 Å². The number of hydrogen-bond acceptors (Lipinski definition) is 2. The molecule has 0 fully saturated rings. The summed E-state index contributed by atoms with van der Waals surface area (Å²) in [6, 6.07) is 0. The highest BCUT2D eigenvalue weighted by molar-refractivity contribution is 7.96. The van der Waals surface area contributed by atoms with Crippen LogP contribution in [-0.2, 0) is 0 Å². The normalized spacial score (nSPS) is 19.1. The molecule has 1 aliphatic rings. The van der Waals surface area contributed by atoms with Crippen LogP contribution in [0, 0.1) is 4.91 Å². The fraction of sp³-hybridized carbons (Fsp3) is 0.333. The summed E-state index contributed by atoms with van der Waals surface area (Å²) in [5.74, 6) is 0. The molecule has 0 spiro atoms. The molecule has 4 heteroatoms. The van der Waals surface area contributed by atoms with Crippen molar-refractivity contribution in [1.82, 2.24) is 5.43 Å². The first-order valence-corrected chi connectivity index (χ1v) is 2.76. The van der Waals surface area contributed by atoms with Gasteiger partial charge in [-0.1, -0.05) is 0 Å². The Hall–Kier alpha value is -0.510. The van der Waals surface area contributed by atoms with Crippen LogP contribution in [0.2, 0.25) is 0 Å². The molecule has 0 radical (unpaired) electrons. The Morgan fingerprint density at radius 1 is 1.86 bits per heavy atom. The summed E-state index contributed by atoms with van der Waals surface area (Å²) in [6.45, 7) is 0.649. The average Bonchev–Trinajstić information content (AvgIpc) is 1.69. The monoisotopic (exact) mass is 117 g/mol. The molecule has 0 aromatic carbocycles. The van der Waals surface area contributed by atoms with Crippen LogP contribution >= 0.6 is 11.9 Å². The molecule has 0 aliphatic carbocycles. The fourth-order valence-electron chi connectivity index (χ4n) is 0.311. The second-order valence-corrected chi connectivity index (χ2v) is 1.91. The van der Waals surface area contributed by atoms with Gasteiger partial charge in [0.1, 0.15) is 0 Å².